The number of anilines is 1. The molecule has 130 valence electrons. The van der Waals surface area contributed by atoms with Gasteiger partial charge in [0.15, 0.2) is 5.75 Å². The molecule has 0 aliphatic rings. The van der Waals surface area contributed by atoms with Gasteiger partial charge < -0.3 is 20.5 Å². The van der Waals surface area contributed by atoms with E-state index < -0.39 is 12.6 Å². The van der Waals surface area contributed by atoms with Gasteiger partial charge in [0.2, 0.25) is 0 Å². The molecule has 2 aromatic rings. The van der Waals surface area contributed by atoms with E-state index in [0.717, 1.165) is 0 Å². The Bertz CT molecular complexity index is 712. The van der Waals surface area contributed by atoms with Crippen LogP contribution in [-0.4, -0.2) is 35.4 Å². The Hall–Kier alpha value is -2.48. The molecule has 2 atom stereocenters. The van der Waals surface area contributed by atoms with Crippen molar-refractivity contribution in [3.05, 3.63) is 30.5 Å². The van der Waals surface area contributed by atoms with Crippen LogP contribution < -0.4 is 15.4 Å². The highest BCUT2D eigenvalue weighted by atomic mass is 19.3. The molecule has 0 radical (unpaired) electrons. The third-order valence-corrected chi connectivity index (χ3v) is 3.70. The lowest BCUT2D eigenvalue weighted by atomic mass is 10.1. The molecule has 1 aromatic heterocycles. The van der Waals surface area contributed by atoms with Crippen LogP contribution in [0, 0.1) is 5.92 Å². The molecular formula is C16H19F2N3O3. The van der Waals surface area contributed by atoms with Gasteiger partial charge in [-0.1, -0.05) is 6.92 Å². The lowest BCUT2D eigenvalue weighted by molar-refractivity contribution is -0.0489. The minimum absolute atomic E-state index is 0.0477. The Kier molecular flexibility index (Phi) is 5.86. The monoisotopic (exact) mass is 339 g/mol. The molecular weight excluding hydrogens is 320 g/mol. The fraction of sp³-hybridized carbons (Fsp3) is 0.375. The molecule has 8 heteroatoms. The Morgan fingerprint density at radius 2 is 2.08 bits per heavy atom. The number of aromatic nitrogens is 1. The maximum absolute atomic E-state index is 12.5. The van der Waals surface area contributed by atoms with Crippen LogP contribution in [-0.2, 0) is 0 Å². The lowest BCUT2D eigenvalue weighted by Gasteiger charge is -2.20. The summed E-state index contributed by atoms with van der Waals surface area (Å²) in [5, 5.41) is 14.9. The summed E-state index contributed by atoms with van der Waals surface area (Å²) in [4.78, 5) is 16.1. The number of carbonyl (C=O) groups excluding carboxylic acids is 1. The van der Waals surface area contributed by atoms with Gasteiger partial charge in [0, 0.05) is 24.2 Å². The second-order valence-electron chi connectivity index (χ2n) is 5.44. The SMILES string of the molecule is CC(CO)C(C)NC(=O)Nc1ccc(OC(F)F)c2ncccc12. The average molecular weight is 339 g/mol. The highest BCUT2D eigenvalue weighted by Gasteiger charge is 2.16. The van der Waals surface area contributed by atoms with Crippen LogP contribution in [0.25, 0.3) is 10.9 Å². The zero-order chi connectivity index (χ0) is 17.7. The van der Waals surface area contributed by atoms with E-state index in [4.69, 9.17) is 5.11 Å². The molecule has 2 amide bonds. The molecule has 24 heavy (non-hydrogen) atoms. The van der Waals surface area contributed by atoms with E-state index >= 15 is 0 Å². The molecule has 1 aromatic carbocycles. The van der Waals surface area contributed by atoms with Crippen LogP contribution in [0.1, 0.15) is 13.8 Å². The second kappa shape index (κ2) is 7.87. The van der Waals surface area contributed by atoms with Crippen LogP contribution in [0.4, 0.5) is 19.3 Å². The quantitative estimate of drug-likeness (QED) is 0.755. The minimum atomic E-state index is -2.96. The third kappa shape index (κ3) is 4.29. The summed E-state index contributed by atoms with van der Waals surface area (Å²) < 4.78 is 29.4. The van der Waals surface area contributed by atoms with Crippen molar-refractivity contribution in [2.75, 3.05) is 11.9 Å². The van der Waals surface area contributed by atoms with Crippen molar-refractivity contribution in [2.24, 2.45) is 5.92 Å². The number of carbonyl (C=O) groups is 1. The first-order chi connectivity index (χ1) is 11.4. The predicted octanol–water partition coefficient (Wildman–Crippen LogP) is 2.97. The number of rotatable bonds is 6. The van der Waals surface area contributed by atoms with E-state index in [0.29, 0.717) is 11.1 Å². The van der Waals surface area contributed by atoms with Crippen molar-refractivity contribution in [3.8, 4) is 5.75 Å². The highest BCUT2D eigenvalue weighted by Crippen LogP contribution is 2.30. The van der Waals surface area contributed by atoms with Gasteiger partial charge in [-0.2, -0.15) is 8.78 Å². The average Bonchev–Trinajstić information content (AvgIpc) is 2.55. The van der Waals surface area contributed by atoms with E-state index in [2.05, 4.69) is 20.4 Å². The maximum Gasteiger partial charge on any atom is 0.387 e. The van der Waals surface area contributed by atoms with Crippen LogP contribution in [0.5, 0.6) is 5.75 Å². The number of aliphatic hydroxyl groups is 1. The molecule has 0 spiro atoms. The summed E-state index contributed by atoms with van der Waals surface area (Å²) >= 11 is 0. The smallest absolute Gasteiger partial charge is 0.387 e. The first kappa shape index (κ1) is 17.9. The van der Waals surface area contributed by atoms with Crippen LogP contribution in [0.15, 0.2) is 30.5 Å². The number of alkyl halides is 2. The molecule has 0 aliphatic carbocycles. The fourth-order valence-corrected chi connectivity index (χ4v) is 2.11. The molecule has 1 heterocycles. The molecule has 0 saturated heterocycles. The topological polar surface area (TPSA) is 83.5 Å². The lowest BCUT2D eigenvalue weighted by Crippen LogP contribution is -2.40. The van der Waals surface area contributed by atoms with Gasteiger partial charge in [0.25, 0.3) is 0 Å². The van der Waals surface area contributed by atoms with Gasteiger partial charge in [-0.15, -0.1) is 0 Å². The summed E-state index contributed by atoms with van der Waals surface area (Å²) in [7, 11) is 0. The number of aliphatic hydroxyl groups excluding tert-OH is 1. The number of hydrogen-bond donors (Lipinski definition) is 3. The van der Waals surface area contributed by atoms with Gasteiger partial charge >= 0.3 is 12.6 Å². The summed E-state index contributed by atoms with van der Waals surface area (Å²) in [6.07, 6.45) is 1.45. The standard InChI is InChI=1S/C16H19F2N3O3/c1-9(8-22)10(2)20-16(23)21-12-5-6-13(24-15(17)18)14-11(12)4-3-7-19-14/h3-7,9-10,15,22H,8H2,1-2H3,(H2,20,21,23). The molecule has 0 saturated carbocycles. The van der Waals surface area contributed by atoms with Crippen molar-refractivity contribution in [1.82, 2.24) is 10.3 Å². The Labute approximate surface area is 137 Å². The van der Waals surface area contributed by atoms with E-state index in [1.165, 1.54) is 18.3 Å². The minimum Gasteiger partial charge on any atom is -0.432 e. The molecule has 0 fully saturated rings. The van der Waals surface area contributed by atoms with Crippen molar-refractivity contribution in [3.63, 3.8) is 0 Å². The summed E-state index contributed by atoms with van der Waals surface area (Å²) in [6, 6.07) is 5.39. The summed E-state index contributed by atoms with van der Waals surface area (Å²) in [5.74, 6) is -0.162. The fourth-order valence-electron chi connectivity index (χ4n) is 2.11. The van der Waals surface area contributed by atoms with Crippen molar-refractivity contribution < 1.29 is 23.4 Å². The maximum atomic E-state index is 12.5. The number of urea groups is 1. The van der Waals surface area contributed by atoms with E-state index in [1.807, 2.05) is 0 Å². The van der Waals surface area contributed by atoms with Gasteiger partial charge in [-0.25, -0.2) is 4.79 Å². The largest absolute Gasteiger partial charge is 0.432 e. The zero-order valence-electron chi connectivity index (χ0n) is 13.3. The van der Waals surface area contributed by atoms with Crippen molar-refractivity contribution >= 4 is 22.6 Å². The van der Waals surface area contributed by atoms with Crippen molar-refractivity contribution in [2.45, 2.75) is 26.5 Å². The predicted molar refractivity (Wildman–Crippen MR) is 86.2 cm³/mol. The first-order valence-electron chi connectivity index (χ1n) is 7.43. The Balaban J connectivity index is 2.22. The third-order valence-electron chi connectivity index (χ3n) is 3.70. The highest BCUT2D eigenvalue weighted by molar-refractivity contribution is 6.02. The number of ether oxygens (including phenoxy) is 1. The Morgan fingerprint density at radius 1 is 1.33 bits per heavy atom. The zero-order valence-corrected chi connectivity index (χ0v) is 13.3. The van der Waals surface area contributed by atoms with Gasteiger partial charge in [0.1, 0.15) is 5.52 Å². The molecule has 2 unspecified atom stereocenters. The van der Waals surface area contributed by atoms with Gasteiger partial charge in [0.05, 0.1) is 5.69 Å². The summed E-state index contributed by atoms with van der Waals surface area (Å²) in [5.41, 5.74) is 0.647. The van der Waals surface area contributed by atoms with Crippen LogP contribution >= 0.6 is 0 Å². The summed E-state index contributed by atoms with van der Waals surface area (Å²) in [6.45, 7) is 0.576. The number of fused-ring (bicyclic) bond motifs is 1. The number of nitrogens with one attached hydrogen (secondary N) is 2. The van der Waals surface area contributed by atoms with Crippen molar-refractivity contribution in [1.29, 1.82) is 0 Å². The normalized spacial score (nSPS) is 13.6. The number of hydrogen-bond acceptors (Lipinski definition) is 4. The molecule has 2 rings (SSSR count). The number of pyridine rings is 1. The van der Waals surface area contributed by atoms with E-state index in [-0.39, 0.29) is 29.8 Å². The van der Waals surface area contributed by atoms with Gasteiger partial charge in [-0.3, -0.25) is 4.98 Å². The Morgan fingerprint density at radius 3 is 2.75 bits per heavy atom. The second-order valence-corrected chi connectivity index (χ2v) is 5.44. The number of amides is 2. The molecule has 3 N–H and O–H groups in total. The number of benzene rings is 1. The number of halogens is 2. The van der Waals surface area contributed by atoms with Gasteiger partial charge in [-0.05, 0) is 37.1 Å². The molecule has 0 aliphatic heterocycles. The van der Waals surface area contributed by atoms with Crippen LogP contribution in [0.2, 0.25) is 0 Å². The first-order valence-corrected chi connectivity index (χ1v) is 7.43. The van der Waals surface area contributed by atoms with E-state index in [1.54, 1.807) is 26.0 Å². The van der Waals surface area contributed by atoms with Crippen LogP contribution in [0.3, 0.4) is 0 Å². The molecule has 6 nitrogen and oxygen atoms in total. The van der Waals surface area contributed by atoms with E-state index in [9.17, 15) is 13.6 Å². The number of nitrogens with zero attached hydrogens (tertiary/aromatic N) is 1. The molecule has 0 bridgehead atoms.